The fourth-order valence-electron chi connectivity index (χ4n) is 1.66. The Hall–Kier alpha value is -1.69. The summed E-state index contributed by atoms with van der Waals surface area (Å²) in [5.41, 5.74) is 1.65. The van der Waals surface area contributed by atoms with Crippen molar-refractivity contribution in [2.75, 3.05) is 5.32 Å². The van der Waals surface area contributed by atoms with Crippen LogP contribution in [0, 0.1) is 0 Å². The lowest BCUT2D eigenvalue weighted by atomic mass is 10.0. The van der Waals surface area contributed by atoms with Crippen molar-refractivity contribution in [2.45, 2.75) is 13.3 Å². The van der Waals surface area contributed by atoms with Crippen LogP contribution in [0.2, 0.25) is 0 Å². The molecule has 0 aliphatic rings. The van der Waals surface area contributed by atoms with Crippen LogP contribution in [0.3, 0.4) is 0 Å². The van der Waals surface area contributed by atoms with E-state index in [0.29, 0.717) is 11.4 Å². The SMILES string of the molecule is CCc1ccc(Br)cc1C(=O)Nc1cn(C)nn1. The number of aryl methyl sites for hydroxylation is 2. The first-order valence-corrected chi connectivity index (χ1v) is 6.35. The monoisotopic (exact) mass is 308 g/mol. The maximum Gasteiger partial charge on any atom is 0.257 e. The van der Waals surface area contributed by atoms with E-state index in [9.17, 15) is 4.79 Å². The van der Waals surface area contributed by atoms with E-state index in [-0.39, 0.29) is 5.91 Å². The van der Waals surface area contributed by atoms with Crippen molar-refractivity contribution in [3.8, 4) is 0 Å². The smallest absolute Gasteiger partial charge is 0.257 e. The van der Waals surface area contributed by atoms with Crippen molar-refractivity contribution >= 4 is 27.7 Å². The first kappa shape index (κ1) is 12.8. The van der Waals surface area contributed by atoms with Crippen LogP contribution in [-0.2, 0) is 13.5 Å². The summed E-state index contributed by atoms with van der Waals surface area (Å²) in [7, 11) is 1.75. The zero-order chi connectivity index (χ0) is 13.1. The predicted molar refractivity (Wildman–Crippen MR) is 72.5 cm³/mol. The van der Waals surface area contributed by atoms with Gasteiger partial charge in [0.15, 0.2) is 5.82 Å². The topological polar surface area (TPSA) is 59.8 Å². The molecule has 18 heavy (non-hydrogen) atoms. The van der Waals surface area contributed by atoms with E-state index in [2.05, 4.69) is 31.6 Å². The molecule has 0 bridgehead atoms. The van der Waals surface area contributed by atoms with Crippen molar-refractivity contribution in [2.24, 2.45) is 7.05 Å². The van der Waals surface area contributed by atoms with Gasteiger partial charge in [0.25, 0.3) is 5.91 Å². The normalized spacial score (nSPS) is 10.4. The predicted octanol–water partition coefficient (Wildman–Crippen LogP) is 2.39. The van der Waals surface area contributed by atoms with Gasteiger partial charge in [0, 0.05) is 17.1 Å². The summed E-state index contributed by atoms with van der Waals surface area (Å²) >= 11 is 3.37. The maximum absolute atomic E-state index is 12.1. The Morgan fingerprint density at radius 1 is 1.50 bits per heavy atom. The summed E-state index contributed by atoms with van der Waals surface area (Å²) in [6.07, 6.45) is 2.46. The van der Waals surface area contributed by atoms with Crippen LogP contribution >= 0.6 is 15.9 Å². The summed E-state index contributed by atoms with van der Waals surface area (Å²) in [5, 5.41) is 10.3. The van der Waals surface area contributed by atoms with Crippen molar-refractivity contribution in [1.29, 1.82) is 0 Å². The molecule has 1 amide bonds. The van der Waals surface area contributed by atoms with Gasteiger partial charge in [-0.2, -0.15) is 0 Å². The molecule has 0 saturated carbocycles. The van der Waals surface area contributed by atoms with E-state index in [0.717, 1.165) is 16.5 Å². The molecule has 1 aromatic carbocycles. The van der Waals surface area contributed by atoms with Crippen molar-refractivity contribution in [3.63, 3.8) is 0 Å². The Balaban J connectivity index is 2.25. The average molecular weight is 309 g/mol. The summed E-state index contributed by atoms with van der Waals surface area (Å²) in [6.45, 7) is 2.02. The Morgan fingerprint density at radius 3 is 2.89 bits per heavy atom. The van der Waals surface area contributed by atoms with E-state index in [1.165, 1.54) is 4.68 Å². The van der Waals surface area contributed by atoms with Crippen LogP contribution in [-0.4, -0.2) is 20.9 Å². The lowest BCUT2D eigenvalue weighted by Crippen LogP contribution is -2.14. The van der Waals surface area contributed by atoms with Gasteiger partial charge in [0.05, 0.1) is 6.20 Å². The zero-order valence-electron chi connectivity index (χ0n) is 10.1. The molecule has 0 fully saturated rings. The Labute approximate surface area is 113 Å². The highest BCUT2D eigenvalue weighted by Crippen LogP contribution is 2.18. The lowest BCUT2D eigenvalue weighted by Gasteiger charge is -2.07. The highest BCUT2D eigenvalue weighted by molar-refractivity contribution is 9.10. The Kier molecular flexibility index (Phi) is 3.76. The van der Waals surface area contributed by atoms with Gasteiger partial charge in [0.1, 0.15) is 0 Å². The molecule has 1 heterocycles. The summed E-state index contributed by atoms with van der Waals surface area (Å²) < 4.78 is 2.42. The van der Waals surface area contributed by atoms with Crippen LogP contribution in [0.1, 0.15) is 22.8 Å². The Morgan fingerprint density at radius 2 is 2.28 bits per heavy atom. The molecular weight excluding hydrogens is 296 g/mol. The van der Waals surface area contributed by atoms with Gasteiger partial charge < -0.3 is 5.32 Å². The van der Waals surface area contributed by atoms with Gasteiger partial charge in [-0.25, -0.2) is 0 Å². The number of hydrogen-bond acceptors (Lipinski definition) is 3. The minimum atomic E-state index is -0.173. The van der Waals surface area contributed by atoms with Gasteiger partial charge in [-0.15, -0.1) is 5.10 Å². The maximum atomic E-state index is 12.1. The largest absolute Gasteiger partial charge is 0.304 e. The molecule has 2 aromatic rings. The number of aromatic nitrogens is 3. The van der Waals surface area contributed by atoms with Crippen LogP contribution in [0.15, 0.2) is 28.9 Å². The quantitative estimate of drug-likeness (QED) is 0.947. The summed E-state index contributed by atoms with van der Waals surface area (Å²) in [6, 6.07) is 5.68. The standard InChI is InChI=1S/C12H13BrN4O/c1-3-8-4-5-9(13)6-10(8)12(18)14-11-7-17(2)16-15-11/h4-7H,3H2,1-2H3,(H,14,18). The first-order valence-electron chi connectivity index (χ1n) is 5.56. The second-order valence-corrected chi connectivity index (χ2v) is 4.80. The minimum absolute atomic E-state index is 0.173. The minimum Gasteiger partial charge on any atom is -0.304 e. The molecular formula is C12H13BrN4O. The molecule has 5 nitrogen and oxygen atoms in total. The van der Waals surface area contributed by atoms with Gasteiger partial charge in [-0.05, 0) is 24.1 Å². The molecule has 2 rings (SSSR count). The van der Waals surface area contributed by atoms with E-state index < -0.39 is 0 Å². The van der Waals surface area contributed by atoms with Crippen LogP contribution in [0.5, 0.6) is 0 Å². The van der Waals surface area contributed by atoms with Crippen molar-refractivity contribution in [1.82, 2.24) is 15.0 Å². The molecule has 0 aliphatic carbocycles. The average Bonchev–Trinajstić information content (AvgIpc) is 2.74. The van der Waals surface area contributed by atoms with E-state index in [1.54, 1.807) is 13.2 Å². The third-order valence-electron chi connectivity index (χ3n) is 2.54. The number of benzene rings is 1. The zero-order valence-corrected chi connectivity index (χ0v) is 11.7. The highest BCUT2D eigenvalue weighted by atomic mass is 79.9. The number of nitrogens with one attached hydrogen (secondary N) is 1. The van der Waals surface area contributed by atoms with Crippen LogP contribution < -0.4 is 5.32 Å². The molecule has 0 unspecified atom stereocenters. The molecule has 0 spiro atoms. The van der Waals surface area contributed by atoms with Crippen LogP contribution in [0.4, 0.5) is 5.82 Å². The molecule has 0 aliphatic heterocycles. The van der Waals surface area contributed by atoms with Gasteiger partial charge in [-0.1, -0.05) is 34.1 Å². The number of anilines is 1. The molecule has 0 saturated heterocycles. The van der Waals surface area contributed by atoms with Crippen molar-refractivity contribution < 1.29 is 4.79 Å². The lowest BCUT2D eigenvalue weighted by molar-refractivity contribution is 0.102. The molecule has 1 N–H and O–H groups in total. The molecule has 1 aromatic heterocycles. The van der Waals surface area contributed by atoms with Gasteiger partial charge in [-0.3, -0.25) is 9.48 Å². The number of hydrogen-bond donors (Lipinski definition) is 1. The third kappa shape index (κ3) is 2.76. The van der Waals surface area contributed by atoms with Gasteiger partial charge >= 0.3 is 0 Å². The number of rotatable bonds is 3. The molecule has 0 atom stereocenters. The fraction of sp³-hybridized carbons (Fsp3) is 0.250. The van der Waals surface area contributed by atoms with Crippen LogP contribution in [0.25, 0.3) is 0 Å². The third-order valence-corrected chi connectivity index (χ3v) is 3.03. The molecule has 94 valence electrons. The second-order valence-electron chi connectivity index (χ2n) is 3.89. The number of carbonyl (C=O) groups is 1. The second kappa shape index (κ2) is 5.30. The van der Waals surface area contributed by atoms with Gasteiger partial charge in [0.2, 0.25) is 0 Å². The fourth-order valence-corrected chi connectivity index (χ4v) is 2.02. The summed E-state index contributed by atoms with van der Waals surface area (Å²) in [4.78, 5) is 12.1. The van der Waals surface area contributed by atoms with Crippen molar-refractivity contribution in [3.05, 3.63) is 40.0 Å². The number of amides is 1. The highest BCUT2D eigenvalue weighted by Gasteiger charge is 2.12. The number of halogens is 1. The van der Waals surface area contributed by atoms with E-state index >= 15 is 0 Å². The number of carbonyl (C=O) groups excluding carboxylic acids is 1. The first-order chi connectivity index (χ1) is 8.60. The molecule has 0 radical (unpaired) electrons. The number of nitrogens with zero attached hydrogens (tertiary/aromatic N) is 3. The summed E-state index contributed by atoms with van der Waals surface area (Å²) in [5.74, 6) is 0.276. The van der Waals surface area contributed by atoms with E-state index in [4.69, 9.17) is 0 Å². The van der Waals surface area contributed by atoms with E-state index in [1.807, 2.05) is 25.1 Å². The molecule has 6 heteroatoms. The Bertz CT molecular complexity index is 579.